The molecule has 8 rings (SSSR count). The monoisotopic (exact) mass is 1130 g/mol. The molecule has 0 saturated carbocycles. The largest absolute Gasteiger partial charge is 2.00 e. The van der Waals surface area contributed by atoms with Gasteiger partial charge in [0.25, 0.3) is 0 Å². The average molecular weight is 1130 g/mol. The minimum Gasteiger partial charge on any atom is -0.457 e. The molecule has 8 heterocycles. The molecule has 0 radical (unpaired) electrons. The summed E-state index contributed by atoms with van der Waals surface area (Å²) < 4.78 is 0. The molecule has 0 aromatic carbocycles. The molecule has 8 aromatic rings. The Morgan fingerprint density at radius 1 is 0.293 bits per heavy atom. The van der Waals surface area contributed by atoms with Crippen molar-refractivity contribution in [3.63, 3.8) is 0 Å². The maximum atomic E-state index is 11.5. The number of carbonyl (C=O) groups excluding carboxylic acids is 4. The molecule has 0 bridgehead atoms. The molecule has 31 heteroatoms. The fourth-order valence-electron chi connectivity index (χ4n) is 4.67. The van der Waals surface area contributed by atoms with Crippen molar-refractivity contribution in [3.05, 3.63) is 227 Å². The number of carbonyl (C=O) groups is 4. The van der Waals surface area contributed by atoms with E-state index in [0.717, 1.165) is 0 Å². The third kappa shape index (κ3) is 32.9. The summed E-state index contributed by atoms with van der Waals surface area (Å²) in [5, 5.41) is 50.7. The van der Waals surface area contributed by atoms with Crippen molar-refractivity contribution in [2.75, 3.05) is 42.5 Å². The number of amides is 8. The second kappa shape index (κ2) is 39.3. The van der Waals surface area contributed by atoms with Crippen LogP contribution in [0.1, 0.15) is 0 Å². The Hall–Kier alpha value is -10.5. The molecule has 0 aliphatic heterocycles. The summed E-state index contributed by atoms with van der Waals surface area (Å²) in [5.41, 5.74) is 5.14. The first-order valence-electron chi connectivity index (χ1n) is 20.0. The molecule has 0 aliphatic rings. The third-order valence-corrected chi connectivity index (χ3v) is 7.36. The minimum atomic E-state index is -1.75. The Bertz CT molecular complexity index is 2250. The number of urea groups is 4. The van der Waals surface area contributed by atoms with Crippen LogP contribution in [0.5, 0.6) is 0 Å². The van der Waals surface area contributed by atoms with Crippen LogP contribution in [0.3, 0.4) is 0 Å². The van der Waals surface area contributed by atoms with E-state index in [-0.39, 0.29) is 62.4 Å². The van der Waals surface area contributed by atoms with Crippen molar-refractivity contribution in [3.8, 4) is 0 Å². The molecule has 384 valence electrons. The summed E-state index contributed by atoms with van der Waals surface area (Å²) in [7, 11) is 0. The van der Waals surface area contributed by atoms with Crippen molar-refractivity contribution in [1.82, 2.24) is 39.9 Å². The third-order valence-electron chi connectivity index (χ3n) is 7.36. The number of pyridine rings is 8. The fourth-order valence-corrected chi connectivity index (χ4v) is 4.67. The summed E-state index contributed by atoms with van der Waals surface area (Å²) >= 11 is 0. The predicted molar refractivity (Wildman–Crippen MR) is 275 cm³/mol. The number of rotatable bonds is 8. The van der Waals surface area contributed by atoms with Crippen LogP contribution in [-0.4, -0.2) is 74.2 Å². The molecule has 0 unspecified atom stereocenters. The van der Waals surface area contributed by atoms with Crippen molar-refractivity contribution < 1.29 is 67.6 Å². The minimum absolute atomic E-state index is 0. The van der Waals surface area contributed by atoms with Crippen LogP contribution >= 0.6 is 0 Å². The first kappa shape index (κ1) is 64.5. The van der Waals surface area contributed by atoms with E-state index in [9.17, 15) is 19.2 Å². The van der Waals surface area contributed by atoms with E-state index in [0.29, 0.717) is 45.5 Å². The molecule has 0 fully saturated rings. The first-order chi connectivity index (χ1) is 34.8. The van der Waals surface area contributed by atoms with Gasteiger partial charge in [-0.05, 0) is 97.1 Å². The molecule has 0 spiro atoms. The van der Waals surface area contributed by atoms with Gasteiger partial charge >= 0.3 is 51.4 Å². The van der Waals surface area contributed by atoms with Crippen LogP contribution in [-0.2, 0) is 38.3 Å². The van der Waals surface area contributed by atoms with Gasteiger partial charge < -0.3 is 84.1 Å². The van der Waals surface area contributed by atoms with Gasteiger partial charge in [-0.25, -0.2) is 19.2 Å². The Morgan fingerprint density at radius 3 is 0.480 bits per heavy atom. The van der Waals surface area contributed by atoms with Crippen LogP contribution in [0.4, 0.5) is 64.7 Å². The van der Waals surface area contributed by atoms with E-state index >= 15 is 0 Å². The van der Waals surface area contributed by atoms with Crippen molar-refractivity contribution in [1.29, 1.82) is 0 Å². The molecular formula is C44H46CdN18O12+2. The number of hydrogen-bond acceptors (Lipinski definition) is 18. The van der Waals surface area contributed by atoms with Crippen LogP contribution < -0.4 is 42.5 Å². The van der Waals surface area contributed by atoms with Gasteiger partial charge in [-0.2, -0.15) is 0 Å². The van der Waals surface area contributed by atoms with E-state index in [1.807, 2.05) is 0 Å². The molecule has 14 N–H and O–H groups in total. The average Bonchev–Trinajstić information content (AvgIpc) is 3.37. The summed E-state index contributed by atoms with van der Waals surface area (Å²) in [6.45, 7) is 0. The Balaban J connectivity index is 0.000000915. The van der Waals surface area contributed by atoms with Crippen molar-refractivity contribution in [2.24, 2.45) is 0 Å². The fraction of sp³-hybridized carbons (Fsp3) is 0. The second-order valence-corrected chi connectivity index (χ2v) is 12.7. The van der Waals surface area contributed by atoms with Crippen molar-refractivity contribution in [2.45, 2.75) is 0 Å². The molecule has 30 nitrogen and oxygen atoms in total. The standard InChI is InChI=1S/4C11H10N4O.Cd.2NO3.2H2O/c4*16-11(14-9-3-1-5-12-7-9)15-10-4-2-6-13-8-10;;2*2-1(3)4;;/h4*1-8H,(H2,14,15,16);;;;2*1H2/q;;;;+2;2*-1;;/p+2. The van der Waals surface area contributed by atoms with E-state index in [1.165, 1.54) is 0 Å². The summed E-state index contributed by atoms with van der Waals surface area (Å²) in [5.74, 6) is 0. The van der Waals surface area contributed by atoms with Gasteiger partial charge in [-0.15, -0.1) is 0 Å². The van der Waals surface area contributed by atoms with Crippen LogP contribution in [0.25, 0.3) is 0 Å². The molecule has 8 aromatic heterocycles. The van der Waals surface area contributed by atoms with Gasteiger partial charge in [-0.1, -0.05) is 0 Å². The number of anilines is 8. The normalized spacial score (nSPS) is 8.75. The van der Waals surface area contributed by atoms with E-state index in [2.05, 4.69) is 82.4 Å². The molecule has 0 aliphatic carbocycles. The van der Waals surface area contributed by atoms with Crippen LogP contribution in [0, 0.1) is 30.6 Å². The Morgan fingerprint density at radius 2 is 0.400 bits per heavy atom. The van der Waals surface area contributed by atoms with Crippen LogP contribution in [0.2, 0.25) is 0 Å². The molecule has 0 atom stereocenters. The number of aromatic nitrogens is 8. The zero-order valence-electron chi connectivity index (χ0n) is 38.9. The topological polar surface area (TPSA) is 466 Å². The number of nitrogens with one attached hydrogen (secondary N) is 8. The first-order valence-corrected chi connectivity index (χ1v) is 20.0. The van der Waals surface area contributed by atoms with Gasteiger partial charge in [-0.3, -0.25) is 39.9 Å². The van der Waals surface area contributed by atoms with E-state index in [4.69, 9.17) is 30.6 Å². The van der Waals surface area contributed by atoms with Gasteiger partial charge in [0.1, 0.15) is 0 Å². The SMILES string of the molecule is O=C(Nc1cccnc1)Nc1cccnc1.O=C(Nc1cccnc1)Nc1cccnc1.O=C(Nc1cccnc1)Nc1cccnc1.O=C(Nc1cccnc1)Nc1cccnc1.O=[N+]([O-])[O-].O=[N+]([O-])[O-].[Cd+2].[OH3+].[OH3+]. The van der Waals surface area contributed by atoms with Gasteiger partial charge in [0, 0.05) is 49.6 Å². The van der Waals surface area contributed by atoms with E-state index < -0.39 is 10.2 Å². The zero-order chi connectivity index (χ0) is 52.0. The summed E-state index contributed by atoms with van der Waals surface area (Å²) in [4.78, 5) is 93.6. The molecule has 75 heavy (non-hydrogen) atoms. The number of hydrogen-bond donors (Lipinski definition) is 8. The van der Waals surface area contributed by atoms with Gasteiger partial charge in [0.05, 0.1) is 105 Å². The van der Waals surface area contributed by atoms with E-state index in [1.54, 1.807) is 196 Å². The maximum Gasteiger partial charge on any atom is 2.00 e. The Kier molecular flexibility index (Phi) is 33.8. The Labute approximate surface area is 444 Å². The molecule has 8 amide bonds. The smallest absolute Gasteiger partial charge is 0.457 e. The van der Waals surface area contributed by atoms with Crippen LogP contribution in [0.15, 0.2) is 196 Å². The summed E-state index contributed by atoms with van der Waals surface area (Å²) in [6.07, 6.45) is 25.7. The summed E-state index contributed by atoms with van der Waals surface area (Å²) in [6, 6.07) is 26.8. The zero-order valence-corrected chi connectivity index (χ0v) is 42.9. The number of nitrogens with zero attached hydrogens (tertiary/aromatic N) is 10. The van der Waals surface area contributed by atoms with Crippen molar-refractivity contribution >= 4 is 69.6 Å². The quantitative estimate of drug-likeness (QED) is 0.0365. The van der Waals surface area contributed by atoms with Gasteiger partial charge in [0.2, 0.25) is 0 Å². The van der Waals surface area contributed by atoms with Gasteiger partial charge in [0.15, 0.2) is 0 Å². The predicted octanol–water partition coefficient (Wildman–Crippen LogP) is 6.16. The second-order valence-electron chi connectivity index (χ2n) is 12.7. The maximum absolute atomic E-state index is 11.5. The molecular weight excluding hydrogens is 1090 g/mol. The molecule has 0 saturated heterocycles.